The number of rotatable bonds is 6. The highest BCUT2D eigenvalue weighted by atomic mass is 35.5. The van der Waals surface area contributed by atoms with Gasteiger partial charge in [0.05, 0.1) is 5.71 Å². The summed E-state index contributed by atoms with van der Waals surface area (Å²) in [7, 11) is 0. The highest BCUT2D eigenvalue weighted by molar-refractivity contribution is 6.32. The fourth-order valence-electron chi connectivity index (χ4n) is 3.60. The van der Waals surface area contributed by atoms with Gasteiger partial charge in [-0.15, -0.1) is 0 Å². The van der Waals surface area contributed by atoms with E-state index in [1.807, 2.05) is 12.1 Å². The van der Waals surface area contributed by atoms with Gasteiger partial charge in [0.15, 0.2) is 0 Å². The van der Waals surface area contributed by atoms with Crippen molar-refractivity contribution in [1.82, 2.24) is 4.90 Å². The largest absolute Gasteiger partial charge is 0.304 e. The lowest BCUT2D eigenvalue weighted by Gasteiger charge is -2.17. The average Bonchev–Trinajstić information content (AvgIpc) is 2.80. The van der Waals surface area contributed by atoms with Crippen molar-refractivity contribution < 1.29 is 0 Å². The minimum atomic E-state index is 0.853. The number of nitrogens with zero attached hydrogens (tertiary/aromatic N) is 2. The molecule has 132 valence electrons. The SMILES string of the molecule is CCN(CC)CCCN=C1c2ccccc2CCc2c(Cl)cccc21. The average molecular weight is 355 g/mol. The van der Waals surface area contributed by atoms with Crippen LogP contribution in [0.3, 0.4) is 0 Å². The summed E-state index contributed by atoms with van der Waals surface area (Å²) in [4.78, 5) is 7.49. The first-order valence-electron chi connectivity index (χ1n) is 9.37. The maximum Gasteiger partial charge on any atom is 0.0724 e. The summed E-state index contributed by atoms with van der Waals surface area (Å²) in [6, 6.07) is 14.9. The fourth-order valence-corrected chi connectivity index (χ4v) is 3.87. The molecule has 3 rings (SSSR count). The monoisotopic (exact) mass is 354 g/mol. The van der Waals surface area contributed by atoms with Gasteiger partial charge in [-0.3, -0.25) is 4.99 Å². The lowest BCUT2D eigenvalue weighted by Crippen LogP contribution is -2.24. The summed E-state index contributed by atoms with van der Waals surface area (Å²) in [6.07, 6.45) is 3.08. The predicted octanol–water partition coefficient (Wildman–Crippen LogP) is 5.01. The first-order valence-corrected chi connectivity index (χ1v) is 9.75. The van der Waals surface area contributed by atoms with E-state index in [4.69, 9.17) is 16.6 Å². The van der Waals surface area contributed by atoms with Crippen LogP contribution >= 0.6 is 11.6 Å². The van der Waals surface area contributed by atoms with Crippen molar-refractivity contribution >= 4 is 17.3 Å². The van der Waals surface area contributed by atoms with E-state index in [1.54, 1.807) is 0 Å². The molecule has 0 bridgehead atoms. The normalized spacial score (nSPS) is 15.1. The summed E-state index contributed by atoms with van der Waals surface area (Å²) in [5.41, 5.74) is 6.21. The maximum atomic E-state index is 6.50. The van der Waals surface area contributed by atoms with Crippen molar-refractivity contribution in [3.63, 3.8) is 0 Å². The van der Waals surface area contributed by atoms with Crippen molar-refractivity contribution in [2.24, 2.45) is 4.99 Å². The van der Waals surface area contributed by atoms with E-state index >= 15 is 0 Å². The Morgan fingerprint density at radius 2 is 1.72 bits per heavy atom. The summed E-state index contributed by atoms with van der Waals surface area (Å²) in [5.74, 6) is 0. The molecule has 25 heavy (non-hydrogen) atoms. The van der Waals surface area contributed by atoms with Crippen molar-refractivity contribution in [3.8, 4) is 0 Å². The molecule has 0 fully saturated rings. The van der Waals surface area contributed by atoms with Gasteiger partial charge < -0.3 is 4.90 Å². The molecule has 2 aromatic rings. The second-order valence-corrected chi connectivity index (χ2v) is 6.94. The fraction of sp³-hybridized carbons (Fsp3) is 0.409. The number of fused-ring (bicyclic) bond motifs is 2. The van der Waals surface area contributed by atoms with Crippen molar-refractivity contribution in [2.75, 3.05) is 26.2 Å². The van der Waals surface area contributed by atoms with E-state index in [2.05, 4.69) is 49.1 Å². The quantitative estimate of drug-likeness (QED) is 0.666. The molecular formula is C22H27ClN2. The molecule has 2 nitrogen and oxygen atoms in total. The second kappa shape index (κ2) is 8.64. The van der Waals surface area contributed by atoms with Crippen LogP contribution in [0.2, 0.25) is 5.02 Å². The molecule has 0 amide bonds. The number of aliphatic imine (C=N–C) groups is 1. The van der Waals surface area contributed by atoms with Crippen molar-refractivity contribution in [2.45, 2.75) is 33.1 Å². The van der Waals surface area contributed by atoms with Crippen LogP contribution in [0, 0.1) is 0 Å². The first-order chi connectivity index (χ1) is 12.2. The minimum Gasteiger partial charge on any atom is -0.304 e. The van der Waals surface area contributed by atoms with Gasteiger partial charge in [-0.1, -0.05) is 61.8 Å². The molecule has 1 aliphatic carbocycles. The molecular weight excluding hydrogens is 328 g/mol. The maximum absolute atomic E-state index is 6.50. The van der Waals surface area contributed by atoms with Crippen LogP contribution < -0.4 is 0 Å². The summed E-state index contributed by atoms with van der Waals surface area (Å²) >= 11 is 6.50. The van der Waals surface area contributed by atoms with Gasteiger partial charge in [-0.2, -0.15) is 0 Å². The first kappa shape index (κ1) is 18.2. The van der Waals surface area contributed by atoms with E-state index in [1.165, 1.54) is 22.3 Å². The van der Waals surface area contributed by atoms with E-state index in [0.717, 1.165) is 56.2 Å². The third-order valence-electron chi connectivity index (χ3n) is 5.09. The Balaban J connectivity index is 1.91. The summed E-state index contributed by atoms with van der Waals surface area (Å²) < 4.78 is 0. The second-order valence-electron chi connectivity index (χ2n) is 6.53. The Kier molecular flexibility index (Phi) is 6.28. The van der Waals surface area contributed by atoms with E-state index in [9.17, 15) is 0 Å². The van der Waals surface area contributed by atoms with Crippen molar-refractivity contribution in [3.05, 3.63) is 69.7 Å². The lowest BCUT2D eigenvalue weighted by atomic mass is 9.98. The molecule has 0 aromatic heterocycles. The van der Waals surface area contributed by atoms with Crippen LogP contribution in [-0.2, 0) is 12.8 Å². The van der Waals surface area contributed by atoms with Gasteiger partial charge in [-0.25, -0.2) is 0 Å². The zero-order valence-electron chi connectivity index (χ0n) is 15.3. The standard InChI is InChI=1S/C22H27ClN2/c1-3-25(4-2)16-8-15-24-22-18-10-6-5-9-17(18)13-14-19-20(22)11-7-12-21(19)23/h5-7,9-12H,3-4,8,13-16H2,1-2H3. The third-order valence-corrected chi connectivity index (χ3v) is 5.44. The Labute approximate surface area is 156 Å². The topological polar surface area (TPSA) is 15.6 Å². The highest BCUT2D eigenvalue weighted by Crippen LogP contribution is 2.29. The van der Waals surface area contributed by atoms with Crippen molar-refractivity contribution in [1.29, 1.82) is 0 Å². The lowest BCUT2D eigenvalue weighted by molar-refractivity contribution is 0.302. The van der Waals surface area contributed by atoms with Crippen LogP contribution in [-0.4, -0.2) is 36.8 Å². The number of aryl methyl sites for hydroxylation is 1. The molecule has 0 saturated carbocycles. The zero-order valence-corrected chi connectivity index (χ0v) is 16.0. The van der Waals surface area contributed by atoms with E-state index in [0.29, 0.717) is 0 Å². The van der Waals surface area contributed by atoms with Gasteiger partial charge in [-0.05, 0) is 56.1 Å². The number of benzene rings is 2. The van der Waals surface area contributed by atoms with Gasteiger partial charge in [0.1, 0.15) is 0 Å². The molecule has 0 radical (unpaired) electrons. The van der Waals surface area contributed by atoms with Crippen LogP contribution in [0.15, 0.2) is 47.5 Å². The molecule has 0 heterocycles. The number of hydrogen-bond acceptors (Lipinski definition) is 2. The third kappa shape index (κ3) is 4.13. The van der Waals surface area contributed by atoms with Crippen LogP contribution in [0.1, 0.15) is 42.5 Å². The minimum absolute atomic E-state index is 0.853. The van der Waals surface area contributed by atoms with Gasteiger partial charge in [0.25, 0.3) is 0 Å². The van der Waals surface area contributed by atoms with Gasteiger partial charge >= 0.3 is 0 Å². The summed E-state index contributed by atoms with van der Waals surface area (Å²) in [5, 5.41) is 0.862. The zero-order chi connectivity index (χ0) is 17.6. The molecule has 3 heteroatoms. The molecule has 0 N–H and O–H groups in total. The molecule has 0 aliphatic heterocycles. The smallest absolute Gasteiger partial charge is 0.0724 e. The van der Waals surface area contributed by atoms with E-state index < -0.39 is 0 Å². The summed E-state index contributed by atoms with van der Waals surface area (Å²) in [6.45, 7) is 8.60. The van der Waals surface area contributed by atoms with E-state index in [-0.39, 0.29) is 0 Å². The Morgan fingerprint density at radius 1 is 0.960 bits per heavy atom. The Bertz CT molecular complexity index is 747. The molecule has 1 aliphatic rings. The van der Waals surface area contributed by atoms with Crippen LogP contribution in [0.4, 0.5) is 0 Å². The van der Waals surface area contributed by atoms with Gasteiger partial charge in [0.2, 0.25) is 0 Å². The van der Waals surface area contributed by atoms with Crippen LogP contribution in [0.5, 0.6) is 0 Å². The van der Waals surface area contributed by atoms with Crippen LogP contribution in [0.25, 0.3) is 0 Å². The Morgan fingerprint density at radius 3 is 2.52 bits per heavy atom. The van der Waals surface area contributed by atoms with Gasteiger partial charge in [0, 0.05) is 22.7 Å². The Hall–Kier alpha value is -1.64. The molecule has 0 saturated heterocycles. The molecule has 0 atom stereocenters. The molecule has 0 unspecified atom stereocenters. The predicted molar refractivity (Wildman–Crippen MR) is 108 cm³/mol. The molecule has 2 aromatic carbocycles. The molecule has 0 spiro atoms. The number of halogens is 1. The highest BCUT2D eigenvalue weighted by Gasteiger charge is 2.20. The number of hydrogen-bond donors (Lipinski definition) is 0.